The molecule has 184 valence electrons. The SMILES string of the molecule is O=C(NCCCOc1ccc(S(=O)(=O)C2(C(=O)NO)CCOCC2)cc1)c1cc(O)ccc1O. The van der Waals surface area contributed by atoms with E-state index in [9.17, 15) is 28.2 Å². The van der Waals surface area contributed by atoms with Crippen LogP contribution in [0.5, 0.6) is 17.2 Å². The summed E-state index contributed by atoms with van der Waals surface area (Å²) in [4.78, 5) is 24.3. The molecule has 2 aromatic carbocycles. The van der Waals surface area contributed by atoms with Gasteiger partial charge in [-0.15, -0.1) is 0 Å². The number of rotatable bonds is 9. The zero-order valence-corrected chi connectivity index (χ0v) is 19.0. The Hall–Kier alpha value is -3.35. The quantitative estimate of drug-likeness (QED) is 0.148. The molecule has 0 unspecified atom stereocenters. The topological polar surface area (TPSA) is 171 Å². The van der Waals surface area contributed by atoms with Crippen molar-refractivity contribution in [3.05, 3.63) is 48.0 Å². The fraction of sp³-hybridized carbons (Fsp3) is 0.364. The minimum Gasteiger partial charge on any atom is -0.508 e. The molecule has 0 radical (unpaired) electrons. The molecule has 3 rings (SSSR count). The lowest BCUT2D eigenvalue weighted by Gasteiger charge is -2.34. The molecular weight excluding hydrogens is 468 g/mol. The first-order valence-electron chi connectivity index (χ1n) is 10.5. The van der Waals surface area contributed by atoms with Gasteiger partial charge in [-0.2, -0.15) is 0 Å². The van der Waals surface area contributed by atoms with Gasteiger partial charge in [0.2, 0.25) is 0 Å². The molecular formula is C22H26N2O9S. The second-order valence-electron chi connectivity index (χ2n) is 7.68. The highest BCUT2D eigenvalue weighted by Gasteiger charge is 2.52. The number of amides is 2. The first kappa shape index (κ1) is 25.3. The molecule has 11 nitrogen and oxygen atoms in total. The third-order valence-corrected chi connectivity index (χ3v) is 8.08. The number of benzene rings is 2. The van der Waals surface area contributed by atoms with E-state index in [1.165, 1.54) is 41.9 Å². The van der Waals surface area contributed by atoms with Crippen molar-refractivity contribution in [3.8, 4) is 17.2 Å². The van der Waals surface area contributed by atoms with Crippen LogP contribution >= 0.6 is 0 Å². The number of hydroxylamine groups is 1. The summed E-state index contributed by atoms with van der Waals surface area (Å²) in [6.45, 7) is 0.610. The van der Waals surface area contributed by atoms with Crippen molar-refractivity contribution in [3.63, 3.8) is 0 Å². The van der Waals surface area contributed by atoms with Gasteiger partial charge in [-0.05, 0) is 61.7 Å². The third kappa shape index (κ3) is 5.24. The van der Waals surface area contributed by atoms with Crippen LogP contribution in [0, 0.1) is 0 Å². The summed E-state index contributed by atoms with van der Waals surface area (Å²) in [5.74, 6) is -1.53. The largest absolute Gasteiger partial charge is 0.508 e. The number of nitrogens with one attached hydrogen (secondary N) is 2. The third-order valence-electron chi connectivity index (χ3n) is 5.56. The van der Waals surface area contributed by atoms with Gasteiger partial charge in [0.1, 0.15) is 17.2 Å². The van der Waals surface area contributed by atoms with Crippen molar-refractivity contribution in [2.75, 3.05) is 26.4 Å². The number of carbonyl (C=O) groups is 2. The average Bonchev–Trinajstić information content (AvgIpc) is 2.85. The van der Waals surface area contributed by atoms with Crippen LogP contribution in [0.2, 0.25) is 0 Å². The van der Waals surface area contributed by atoms with Crippen LogP contribution in [-0.2, 0) is 19.4 Å². The molecule has 1 aliphatic heterocycles. The Morgan fingerprint density at radius 3 is 2.38 bits per heavy atom. The summed E-state index contributed by atoms with van der Waals surface area (Å²) in [7, 11) is -4.12. The van der Waals surface area contributed by atoms with Crippen molar-refractivity contribution in [1.29, 1.82) is 0 Å². The maximum atomic E-state index is 13.2. The summed E-state index contributed by atoms with van der Waals surface area (Å²) in [6, 6.07) is 9.22. The van der Waals surface area contributed by atoms with Gasteiger partial charge in [-0.25, -0.2) is 13.9 Å². The second-order valence-corrected chi connectivity index (χ2v) is 9.94. The van der Waals surface area contributed by atoms with Gasteiger partial charge in [0.05, 0.1) is 17.1 Å². The average molecular weight is 495 g/mol. The van der Waals surface area contributed by atoms with Gasteiger partial charge in [0.15, 0.2) is 14.6 Å². The van der Waals surface area contributed by atoms with Gasteiger partial charge in [0, 0.05) is 19.8 Å². The lowest BCUT2D eigenvalue weighted by atomic mass is 9.98. The van der Waals surface area contributed by atoms with E-state index in [0.29, 0.717) is 12.2 Å². The highest BCUT2D eigenvalue weighted by atomic mass is 32.2. The van der Waals surface area contributed by atoms with Crippen LogP contribution in [0.1, 0.15) is 29.6 Å². The molecule has 0 saturated carbocycles. The normalized spacial score (nSPS) is 15.3. The van der Waals surface area contributed by atoms with E-state index in [1.54, 1.807) is 0 Å². The van der Waals surface area contributed by atoms with Gasteiger partial charge in [-0.3, -0.25) is 14.8 Å². The minimum atomic E-state index is -4.12. The molecule has 0 bridgehead atoms. The van der Waals surface area contributed by atoms with Crippen LogP contribution in [-0.4, -0.2) is 66.8 Å². The molecule has 1 aliphatic rings. The number of hydrogen-bond acceptors (Lipinski definition) is 9. The Balaban J connectivity index is 1.55. The highest BCUT2D eigenvalue weighted by Crippen LogP contribution is 2.35. The number of carbonyl (C=O) groups excluding carboxylic acids is 2. The number of hydrogen-bond donors (Lipinski definition) is 5. The van der Waals surface area contributed by atoms with E-state index >= 15 is 0 Å². The Bertz CT molecular complexity index is 1130. The van der Waals surface area contributed by atoms with Crippen LogP contribution in [0.3, 0.4) is 0 Å². The molecule has 1 saturated heterocycles. The van der Waals surface area contributed by atoms with Crippen LogP contribution in [0.25, 0.3) is 0 Å². The standard InChI is InChI=1S/C22H26N2O9S/c25-15-2-7-19(26)18(14-15)20(27)23-10-1-11-33-16-3-5-17(6-4-16)34(30,31)22(21(28)24-29)8-12-32-13-9-22/h2-7,14,25-26,29H,1,8-13H2,(H,23,27)(H,24,28). The fourth-order valence-electron chi connectivity index (χ4n) is 3.63. The zero-order chi connectivity index (χ0) is 24.8. The molecule has 1 fully saturated rings. The van der Waals surface area contributed by atoms with Crippen molar-refractivity contribution in [2.45, 2.75) is 28.9 Å². The van der Waals surface area contributed by atoms with Crippen LogP contribution in [0.4, 0.5) is 0 Å². The van der Waals surface area contributed by atoms with Gasteiger partial charge >= 0.3 is 0 Å². The zero-order valence-electron chi connectivity index (χ0n) is 18.2. The molecule has 12 heteroatoms. The Morgan fingerprint density at radius 1 is 1.06 bits per heavy atom. The molecule has 5 N–H and O–H groups in total. The highest BCUT2D eigenvalue weighted by molar-refractivity contribution is 7.93. The summed E-state index contributed by atoms with van der Waals surface area (Å²) < 4.78 is 35.4. The molecule has 0 spiro atoms. The number of sulfone groups is 1. The van der Waals surface area contributed by atoms with E-state index in [0.717, 1.165) is 6.07 Å². The van der Waals surface area contributed by atoms with Gasteiger partial charge < -0.3 is 25.0 Å². The van der Waals surface area contributed by atoms with E-state index in [4.69, 9.17) is 14.7 Å². The molecule has 1 heterocycles. The Kier molecular flexibility index (Phi) is 7.97. The molecule has 2 aromatic rings. The number of phenolic OH excluding ortho intramolecular Hbond substituents is 2. The molecule has 0 aromatic heterocycles. The smallest absolute Gasteiger partial charge is 0.265 e. The van der Waals surface area contributed by atoms with Crippen molar-refractivity contribution in [2.24, 2.45) is 0 Å². The molecule has 34 heavy (non-hydrogen) atoms. The number of aromatic hydroxyl groups is 2. The summed E-state index contributed by atoms with van der Waals surface area (Å²) in [5.41, 5.74) is 1.43. The lowest BCUT2D eigenvalue weighted by Crippen LogP contribution is -2.54. The van der Waals surface area contributed by atoms with Crippen molar-refractivity contribution < 1.29 is 42.9 Å². The van der Waals surface area contributed by atoms with Crippen molar-refractivity contribution in [1.82, 2.24) is 10.8 Å². The predicted molar refractivity (Wildman–Crippen MR) is 119 cm³/mol. The second kappa shape index (κ2) is 10.7. The molecule has 0 atom stereocenters. The van der Waals surface area contributed by atoms with E-state index in [1.807, 2.05) is 0 Å². The van der Waals surface area contributed by atoms with E-state index < -0.39 is 26.4 Å². The molecule has 2 amide bonds. The fourth-order valence-corrected chi connectivity index (χ4v) is 5.57. The van der Waals surface area contributed by atoms with Gasteiger partial charge in [0.25, 0.3) is 11.8 Å². The van der Waals surface area contributed by atoms with Gasteiger partial charge in [-0.1, -0.05) is 0 Å². The minimum absolute atomic E-state index is 0.0464. The van der Waals surface area contributed by atoms with Crippen LogP contribution < -0.4 is 15.5 Å². The van der Waals surface area contributed by atoms with Crippen LogP contribution in [0.15, 0.2) is 47.4 Å². The van der Waals surface area contributed by atoms with Crippen molar-refractivity contribution >= 4 is 21.7 Å². The van der Waals surface area contributed by atoms with E-state index in [-0.39, 0.29) is 61.2 Å². The number of ether oxygens (including phenoxy) is 2. The Labute approximate surface area is 196 Å². The number of phenols is 2. The lowest BCUT2D eigenvalue weighted by molar-refractivity contribution is -0.134. The summed E-state index contributed by atoms with van der Waals surface area (Å²) in [5, 5.41) is 30.8. The first-order chi connectivity index (χ1) is 16.2. The maximum absolute atomic E-state index is 13.2. The predicted octanol–water partition coefficient (Wildman–Crippen LogP) is 1.12. The maximum Gasteiger partial charge on any atom is 0.265 e. The monoisotopic (exact) mass is 494 g/mol. The molecule has 0 aliphatic carbocycles. The van der Waals surface area contributed by atoms with E-state index in [2.05, 4.69) is 5.32 Å². The first-order valence-corrected chi connectivity index (χ1v) is 12.0. The summed E-state index contributed by atoms with van der Waals surface area (Å²) in [6.07, 6.45) is 0.267. The Morgan fingerprint density at radius 2 is 1.74 bits per heavy atom. The summed E-state index contributed by atoms with van der Waals surface area (Å²) >= 11 is 0.